The summed E-state index contributed by atoms with van der Waals surface area (Å²) < 4.78 is 7.18. The van der Waals surface area contributed by atoms with Crippen molar-refractivity contribution < 1.29 is 25.9 Å². The Morgan fingerprint density at radius 3 is 2.42 bits per heavy atom. The Bertz CT molecular complexity index is 803. The molecule has 0 radical (unpaired) electrons. The SMILES string of the molecule is CC(C)Cc1ccc(C#N)c(OC[I-]C(C)Cc2ccc(C#N)nc2)c1. The molecule has 0 saturated heterocycles. The Balaban J connectivity index is 1.89. The summed E-state index contributed by atoms with van der Waals surface area (Å²) in [5, 5.41) is 18.1. The first-order valence-electron chi connectivity index (χ1n) is 8.60. The fourth-order valence-corrected chi connectivity index (χ4v) is 4.51. The molecule has 0 fully saturated rings. The number of rotatable bonds is 8. The molecule has 0 amide bonds. The number of hydrogen-bond donors (Lipinski definition) is 0. The molecule has 136 valence electrons. The van der Waals surface area contributed by atoms with Gasteiger partial charge in [-0.2, -0.15) is 0 Å². The molecule has 1 aromatic heterocycles. The zero-order valence-electron chi connectivity index (χ0n) is 15.4. The maximum absolute atomic E-state index is 9.29. The third-order valence-electron chi connectivity index (χ3n) is 3.80. The number of alkyl halides is 2. The van der Waals surface area contributed by atoms with E-state index in [9.17, 15) is 5.26 Å². The molecule has 0 saturated carbocycles. The van der Waals surface area contributed by atoms with Crippen molar-refractivity contribution in [3.8, 4) is 17.9 Å². The van der Waals surface area contributed by atoms with Gasteiger partial charge in [0.15, 0.2) is 0 Å². The second-order valence-corrected chi connectivity index (χ2v) is 10.2. The van der Waals surface area contributed by atoms with Gasteiger partial charge in [0.2, 0.25) is 0 Å². The molecule has 2 rings (SSSR count). The van der Waals surface area contributed by atoms with Gasteiger partial charge in [-0.05, 0) is 0 Å². The Morgan fingerprint density at radius 1 is 1.04 bits per heavy atom. The average Bonchev–Trinajstić information content (AvgIpc) is 2.62. The predicted octanol–water partition coefficient (Wildman–Crippen LogP) is 1.08. The fourth-order valence-electron chi connectivity index (χ4n) is 2.57. The van der Waals surface area contributed by atoms with Crippen LogP contribution in [-0.4, -0.2) is 13.5 Å². The molecular formula is C21H23IN3O-. The van der Waals surface area contributed by atoms with Gasteiger partial charge in [-0.15, -0.1) is 0 Å². The number of nitrogens with zero attached hydrogens (tertiary/aromatic N) is 3. The first kappa shape index (κ1) is 20.2. The van der Waals surface area contributed by atoms with Crippen molar-refractivity contribution in [1.82, 2.24) is 4.98 Å². The van der Waals surface area contributed by atoms with Crippen molar-refractivity contribution in [2.75, 3.05) is 4.61 Å². The summed E-state index contributed by atoms with van der Waals surface area (Å²) in [6.07, 6.45) is 3.70. The molecule has 5 heteroatoms. The molecule has 1 unspecified atom stereocenters. The molecule has 0 bridgehead atoms. The van der Waals surface area contributed by atoms with Crippen molar-refractivity contribution in [2.45, 2.75) is 37.5 Å². The first-order chi connectivity index (χ1) is 12.5. The zero-order valence-corrected chi connectivity index (χ0v) is 17.5. The van der Waals surface area contributed by atoms with Crippen LogP contribution in [0.4, 0.5) is 0 Å². The Hall–Kier alpha value is -2.12. The monoisotopic (exact) mass is 460 g/mol. The van der Waals surface area contributed by atoms with Gasteiger partial charge >= 0.3 is 166 Å². The number of hydrogen-bond acceptors (Lipinski definition) is 4. The van der Waals surface area contributed by atoms with Crippen LogP contribution in [0.25, 0.3) is 0 Å². The van der Waals surface area contributed by atoms with Crippen LogP contribution >= 0.6 is 0 Å². The zero-order chi connectivity index (χ0) is 18.9. The van der Waals surface area contributed by atoms with Crippen LogP contribution in [0.2, 0.25) is 0 Å². The molecule has 4 nitrogen and oxygen atoms in total. The molecule has 1 aromatic carbocycles. The predicted molar refractivity (Wildman–Crippen MR) is 97.3 cm³/mol. The number of halogens is 1. The van der Waals surface area contributed by atoms with Crippen molar-refractivity contribution in [2.24, 2.45) is 5.92 Å². The van der Waals surface area contributed by atoms with E-state index in [0.29, 0.717) is 31.5 Å². The molecule has 0 aliphatic rings. The van der Waals surface area contributed by atoms with E-state index in [2.05, 4.69) is 31.8 Å². The summed E-state index contributed by atoms with van der Waals surface area (Å²) in [4.78, 5) is 4.12. The summed E-state index contributed by atoms with van der Waals surface area (Å²) in [5.41, 5.74) is 3.41. The summed E-state index contributed by atoms with van der Waals surface area (Å²) in [6.45, 7) is 6.59. The van der Waals surface area contributed by atoms with Crippen LogP contribution < -0.4 is 25.9 Å². The van der Waals surface area contributed by atoms with Crippen LogP contribution in [0.1, 0.15) is 43.2 Å². The number of benzene rings is 1. The molecule has 0 aliphatic carbocycles. The molecular weight excluding hydrogens is 437 g/mol. The first-order valence-corrected chi connectivity index (χ1v) is 11.4. The van der Waals surface area contributed by atoms with Crippen LogP contribution in [0, 0.1) is 28.6 Å². The standard InChI is InChI=1S/C21H23IN3O/c1-15(2)8-17-4-6-19(11-23)21(10-17)26-14-22-16(3)9-18-5-7-20(12-24)25-13-18/h4-7,10,13,15-16H,8-9,14H2,1-3H3/q-1. The van der Waals surface area contributed by atoms with E-state index in [4.69, 9.17) is 10.00 Å². The van der Waals surface area contributed by atoms with E-state index in [1.807, 2.05) is 30.3 Å². The quantitative estimate of drug-likeness (QED) is 0.437. The third-order valence-corrected chi connectivity index (χ3v) is 6.42. The van der Waals surface area contributed by atoms with Crippen molar-refractivity contribution in [3.63, 3.8) is 0 Å². The second kappa shape index (κ2) is 10.1. The number of nitriles is 2. The number of ether oxygens (including phenoxy) is 1. The van der Waals surface area contributed by atoms with Gasteiger partial charge in [-0.25, -0.2) is 0 Å². The van der Waals surface area contributed by atoms with Crippen LogP contribution in [-0.2, 0) is 12.8 Å². The second-order valence-electron chi connectivity index (χ2n) is 6.60. The summed E-state index contributed by atoms with van der Waals surface area (Å²) >= 11 is -0.171. The van der Waals surface area contributed by atoms with E-state index in [1.165, 1.54) is 5.56 Å². The topological polar surface area (TPSA) is 69.7 Å². The Labute approximate surface area is 166 Å². The summed E-state index contributed by atoms with van der Waals surface area (Å²) in [5.74, 6) is 1.28. The summed E-state index contributed by atoms with van der Waals surface area (Å²) in [7, 11) is 0. The molecule has 0 N–H and O–H groups in total. The van der Waals surface area contributed by atoms with E-state index in [-0.39, 0.29) is 21.2 Å². The van der Waals surface area contributed by atoms with E-state index >= 15 is 0 Å². The van der Waals surface area contributed by atoms with Crippen molar-refractivity contribution in [3.05, 3.63) is 58.9 Å². The van der Waals surface area contributed by atoms with E-state index in [0.717, 1.165) is 18.4 Å². The molecule has 26 heavy (non-hydrogen) atoms. The molecule has 2 aromatic rings. The molecule has 1 atom stereocenters. The van der Waals surface area contributed by atoms with Gasteiger partial charge in [0, 0.05) is 0 Å². The van der Waals surface area contributed by atoms with Gasteiger partial charge in [-0.3, -0.25) is 0 Å². The van der Waals surface area contributed by atoms with Crippen LogP contribution in [0.3, 0.4) is 0 Å². The van der Waals surface area contributed by atoms with Gasteiger partial charge in [0.1, 0.15) is 0 Å². The van der Waals surface area contributed by atoms with E-state index < -0.39 is 0 Å². The molecule has 0 spiro atoms. The molecule has 0 aliphatic heterocycles. The molecule has 1 heterocycles. The maximum atomic E-state index is 9.29. The van der Waals surface area contributed by atoms with Gasteiger partial charge in [0.05, 0.1) is 0 Å². The van der Waals surface area contributed by atoms with Crippen LogP contribution in [0.15, 0.2) is 36.5 Å². The normalized spacial score (nSPS) is 11.8. The Kier molecular flexibility index (Phi) is 7.87. The van der Waals surface area contributed by atoms with Crippen LogP contribution in [0.5, 0.6) is 5.75 Å². The van der Waals surface area contributed by atoms with Crippen molar-refractivity contribution >= 4 is 0 Å². The van der Waals surface area contributed by atoms with Crippen molar-refractivity contribution in [1.29, 1.82) is 10.5 Å². The number of pyridine rings is 1. The van der Waals surface area contributed by atoms with Gasteiger partial charge in [0.25, 0.3) is 0 Å². The third kappa shape index (κ3) is 6.31. The minimum atomic E-state index is -0.171. The van der Waals surface area contributed by atoms with Gasteiger partial charge in [-0.1, -0.05) is 0 Å². The Morgan fingerprint density at radius 2 is 1.81 bits per heavy atom. The fraction of sp³-hybridized carbons (Fsp3) is 0.381. The van der Waals surface area contributed by atoms with E-state index in [1.54, 1.807) is 12.3 Å². The van der Waals surface area contributed by atoms with Gasteiger partial charge < -0.3 is 0 Å². The minimum absolute atomic E-state index is 0.171. The number of aromatic nitrogens is 1. The average molecular weight is 460 g/mol. The summed E-state index contributed by atoms with van der Waals surface area (Å²) in [6, 6.07) is 13.9.